The zero-order valence-electron chi connectivity index (χ0n) is 24.5. The van der Waals surface area contributed by atoms with Crippen LogP contribution in [0.15, 0.2) is 85.3 Å². The van der Waals surface area contributed by atoms with E-state index >= 15 is 4.39 Å². The number of hydrogen-bond donors (Lipinski definition) is 2. The van der Waals surface area contributed by atoms with E-state index in [1.54, 1.807) is 56.7 Å². The lowest BCUT2D eigenvalue weighted by Gasteiger charge is -2.13. The largest absolute Gasteiger partial charge is 0.421 e. The number of benzene rings is 2. The third kappa shape index (κ3) is 5.98. The molecule has 0 bridgehead atoms. The number of thiophene rings is 1. The number of nitrogens with one attached hydrogen (secondary N) is 1. The zero-order valence-corrected chi connectivity index (χ0v) is 26.1. The SMILES string of the molecule is C=C(C)C(=O)Nc1ccc(-c2sc3c(-c4ccc(Cl)cn4)cnc(N)c3c2-c2ccc(Oc3nccc(C)n3)c(F)c2)c(C)c1. The Kier molecular flexibility index (Phi) is 8.01. The smallest absolute Gasteiger partial charge is 0.322 e. The number of rotatable bonds is 7. The quantitative estimate of drug-likeness (QED) is 0.168. The molecule has 0 radical (unpaired) electrons. The summed E-state index contributed by atoms with van der Waals surface area (Å²) in [5.41, 5.74) is 12.7. The Labute approximate surface area is 267 Å². The second-order valence-electron chi connectivity index (χ2n) is 10.4. The number of amides is 1. The molecule has 1 amide bonds. The van der Waals surface area contributed by atoms with Crippen LogP contribution in [0.2, 0.25) is 5.02 Å². The molecule has 0 aliphatic heterocycles. The lowest BCUT2D eigenvalue weighted by atomic mass is 9.95. The fraction of sp³-hybridized carbons (Fsp3) is 0.0882. The second-order valence-corrected chi connectivity index (χ2v) is 11.9. The number of nitrogens with two attached hydrogens (primary N) is 1. The van der Waals surface area contributed by atoms with Gasteiger partial charge in [-0.15, -0.1) is 11.3 Å². The minimum atomic E-state index is -0.598. The average Bonchev–Trinajstić information content (AvgIpc) is 3.40. The minimum Gasteiger partial charge on any atom is -0.421 e. The number of nitrogens with zero attached hydrogens (tertiary/aromatic N) is 4. The molecule has 45 heavy (non-hydrogen) atoms. The molecule has 0 aliphatic carbocycles. The van der Waals surface area contributed by atoms with Crippen LogP contribution < -0.4 is 15.8 Å². The highest BCUT2D eigenvalue weighted by Crippen LogP contribution is 2.50. The first-order chi connectivity index (χ1) is 21.6. The fourth-order valence-corrected chi connectivity index (χ4v) is 6.40. The van der Waals surface area contributed by atoms with Crippen molar-refractivity contribution in [1.82, 2.24) is 19.9 Å². The fourth-order valence-electron chi connectivity index (χ4n) is 4.85. The lowest BCUT2D eigenvalue weighted by molar-refractivity contribution is -0.112. The topological polar surface area (TPSA) is 116 Å². The van der Waals surface area contributed by atoms with Crippen LogP contribution in [0.4, 0.5) is 15.9 Å². The Morgan fingerprint density at radius 1 is 1.02 bits per heavy atom. The van der Waals surface area contributed by atoms with E-state index in [2.05, 4.69) is 31.8 Å². The van der Waals surface area contributed by atoms with Gasteiger partial charge in [0.05, 0.1) is 15.4 Å². The van der Waals surface area contributed by atoms with Crippen LogP contribution >= 0.6 is 22.9 Å². The number of fused-ring (bicyclic) bond motifs is 1. The van der Waals surface area contributed by atoms with E-state index in [0.717, 1.165) is 26.3 Å². The van der Waals surface area contributed by atoms with Gasteiger partial charge in [0, 0.05) is 56.9 Å². The van der Waals surface area contributed by atoms with E-state index in [0.29, 0.717) is 44.2 Å². The van der Waals surface area contributed by atoms with Gasteiger partial charge in [-0.2, -0.15) is 0 Å². The molecule has 224 valence electrons. The zero-order chi connectivity index (χ0) is 31.8. The molecule has 11 heteroatoms. The van der Waals surface area contributed by atoms with Crippen molar-refractivity contribution in [3.63, 3.8) is 0 Å². The second kappa shape index (κ2) is 12.1. The molecule has 8 nitrogen and oxygen atoms in total. The van der Waals surface area contributed by atoms with Crippen LogP contribution in [0, 0.1) is 19.7 Å². The molecule has 0 fully saturated rings. The monoisotopic (exact) mass is 636 g/mol. The highest BCUT2D eigenvalue weighted by atomic mass is 35.5. The molecule has 2 aromatic carbocycles. The highest BCUT2D eigenvalue weighted by molar-refractivity contribution is 7.23. The Morgan fingerprint density at radius 3 is 2.53 bits per heavy atom. The van der Waals surface area contributed by atoms with Crippen molar-refractivity contribution in [2.45, 2.75) is 20.8 Å². The van der Waals surface area contributed by atoms with Gasteiger partial charge in [0.1, 0.15) is 5.82 Å². The maximum absolute atomic E-state index is 15.7. The Morgan fingerprint density at radius 2 is 1.84 bits per heavy atom. The summed E-state index contributed by atoms with van der Waals surface area (Å²) in [5.74, 6) is -0.592. The number of carbonyl (C=O) groups is 1. The summed E-state index contributed by atoms with van der Waals surface area (Å²) < 4.78 is 22.2. The van der Waals surface area contributed by atoms with Crippen LogP contribution in [0.25, 0.3) is 42.9 Å². The van der Waals surface area contributed by atoms with Crippen molar-refractivity contribution in [1.29, 1.82) is 0 Å². The van der Waals surface area contributed by atoms with E-state index in [1.807, 2.05) is 31.2 Å². The third-order valence-corrected chi connectivity index (χ3v) is 8.54. The molecule has 0 aliphatic rings. The Balaban J connectivity index is 1.54. The first kappa shape index (κ1) is 29.9. The van der Waals surface area contributed by atoms with E-state index in [1.165, 1.54) is 17.4 Å². The van der Waals surface area contributed by atoms with Gasteiger partial charge in [-0.05, 0) is 79.9 Å². The maximum atomic E-state index is 15.7. The molecule has 4 heterocycles. The summed E-state index contributed by atoms with van der Waals surface area (Å²) in [6.45, 7) is 9.10. The van der Waals surface area contributed by atoms with Gasteiger partial charge >= 0.3 is 6.01 Å². The molecule has 3 N–H and O–H groups in total. The highest BCUT2D eigenvalue weighted by Gasteiger charge is 2.24. The maximum Gasteiger partial charge on any atom is 0.322 e. The minimum absolute atomic E-state index is 0.0172. The number of pyridine rings is 2. The third-order valence-electron chi connectivity index (χ3n) is 7.06. The molecular formula is C34H26ClFN6O2S. The number of hydrogen-bond acceptors (Lipinski definition) is 8. The summed E-state index contributed by atoms with van der Waals surface area (Å²) in [7, 11) is 0. The first-order valence-corrected chi connectivity index (χ1v) is 15.0. The van der Waals surface area contributed by atoms with Crippen molar-refractivity contribution in [2.24, 2.45) is 0 Å². The molecular weight excluding hydrogens is 611 g/mol. The van der Waals surface area contributed by atoms with Crippen LogP contribution in [0.1, 0.15) is 18.2 Å². The summed E-state index contributed by atoms with van der Waals surface area (Å²) in [4.78, 5) is 30.4. The predicted octanol–water partition coefficient (Wildman–Crippen LogP) is 8.78. The van der Waals surface area contributed by atoms with Gasteiger partial charge in [0.15, 0.2) is 11.6 Å². The van der Waals surface area contributed by atoms with Crippen LogP contribution in [-0.4, -0.2) is 25.8 Å². The van der Waals surface area contributed by atoms with Crippen molar-refractivity contribution in [3.05, 3.63) is 107 Å². The van der Waals surface area contributed by atoms with E-state index in [-0.39, 0.29) is 23.5 Å². The first-order valence-electron chi connectivity index (χ1n) is 13.8. The van der Waals surface area contributed by atoms with Gasteiger partial charge in [0.25, 0.3) is 5.91 Å². The number of nitrogen functional groups attached to an aromatic ring is 1. The number of carbonyl (C=O) groups excluding carboxylic acids is 1. The standard InChI is InChI=1S/C34H26ClFN6O2S/c1-17(2)33(43)42-22-7-8-23(18(3)13-22)30-28(20-5-10-27(25(36)14-20)44-34-38-12-11-19(4)41-34)29-31(45-30)24(16-40-32(29)37)26-9-6-21(35)15-39-26/h5-16H,1H2,2-4H3,(H2,37,40)(H,42,43). The van der Waals surface area contributed by atoms with E-state index in [4.69, 9.17) is 22.1 Å². The molecule has 0 atom stereocenters. The van der Waals surface area contributed by atoms with Crippen molar-refractivity contribution >= 4 is 50.4 Å². The molecule has 0 unspecified atom stereocenters. The molecule has 0 saturated heterocycles. The van der Waals surface area contributed by atoms with E-state index in [9.17, 15) is 4.79 Å². The molecule has 6 rings (SSSR count). The van der Waals surface area contributed by atoms with Crippen molar-refractivity contribution < 1.29 is 13.9 Å². The predicted molar refractivity (Wildman–Crippen MR) is 178 cm³/mol. The summed E-state index contributed by atoms with van der Waals surface area (Å²) in [5, 5.41) is 4.03. The van der Waals surface area contributed by atoms with Gasteiger partial charge in [-0.25, -0.2) is 19.3 Å². The number of aryl methyl sites for hydroxylation is 2. The number of anilines is 2. The average molecular weight is 637 g/mol. The summed E-state index contributed by atoms with van der Waals surface area (Å²) in [6, 6.07) is 15.7. The van der Waals surface area contributed by atoms with Crippen LogP contribution in [-0.2, 0) is 4.79 Å². The molecule has 0 spiro atoms. The van der Waals surface area contributed by atoms with Crippen molar-refractivity contribution in [3.8, 4) is 44.6 Å². The van der Waals surface area contributed by atoms with Gasteiger partial charge in [0.2, 0.25) is 0 Å². The molecule has 0 saturated carbocycles. The lowest BCUT2D eigenvalue weighted by Crippen LogP contribution is -2.11. The van der Waals surface area contributed by atoms with Gasteiger partial charge in [-0.1, -0.05) is 30.3 Å². The Bertz CT molecular complexity index is 2130. The van der Waals surface area contributed by atoms with Crippen molar-refractivity contribution in [2.75, 3.05) is 11.1 Å². The number of ether oxygens (including phenoxy) is 1. The van der Waals surface area contributed by atoms with E-state index < -0.39 is 5.82 Å². The van der Waals surface area contributed by atoms with Gasteiger partial charge < -0.3 is 15.8 Å². The summed E-state index contributed by atoms with van der Waals surface area (Å²) in [6.07, 6.45) is 4.80. The molecule has 4 aromatic heterocycles. The van der Waals surface area contributed by atoms with Gasteiger partial charge in [-0.3, -0.25) is 9.78 Å². The van der Waals surface area contributed by atoms with Crippen LogP contribution in [0.5, 0.6) is 11.8 Å². The normalized spacial score (nSPS) is 11.0. The van der Waals surface area contributed by atoms with Crippen LogP contribution in [0.3, 0.4) is 0 Å². The Hall–Kier alpha value is -5.19. The molecule has 6 aromatic rings. The summed E-state index contributed by atoms with van der Waals surface area (Å²) >= 11 is 7.61. The number of aromatic nitrogens is 4. The number of halogens is 2.